The van der Waals surface area contributed by atoms with Crippen molar-refractivity contribution in [3.05, 3.63) is 60.2 Å². The van der Waals surface area contributed by atoms with Crippen LogP contribution in [-0.2, 0) is 21.3 Å². The number of nitrogens with two attached hydrogens (primary N) is 1. The topological polar surface area (TPSA) is 60.2 Å². The Morgan fingerprint density at radius 1 is 1.09 bits per heavy atom. The predicted octanol–water partition coefficient (Wildman–Crippen LogP) is 3.30. The van der Waals surface area contributed by atoms with Gasteiger partial charge in [-0.1, -0.05) is 42.5 Å². The highest BCUT2D eigenvalue weighted by molar-refractivity contribution is 7.84. The number of carbonyl (C=O) groups excluding carboxylic acids is 1. The standard InChI is InChI=1S/C17H15NO2S2/c18-17(19)11-22(20)10-13-6-1-3-7-14(13)16-9-12-5-2-4-8-15(12)21-16/h1-9H,10-11H2,(H2,18,19). The number of carbonyl (C=O) groups is 1. The minimum atomic E-state index is -1.27. The fraction of sp³-hybridized carbons (Fsp3) is 0.118. The highest BCUT2D eigenvalue weighted by atomic mass is 32.2. The molecule has 2 aromatic carbocycles. The third-order valence-electron chi connectivity index (χ3n) is 3.33. The SMILES string of the molecule is NC(=O)CS(=O)Cc1ccccc1-c1cc2ccccc2s1. The van der Waals surface area contributed by atoms with Gasteiger partial charge in [0, 0.05) is 26.1 Å². The molecule has 5 heteroatoms. The molecule has 1 aromatic heterocycles. The maximum atomic E-state index is 12.0. The monoisotopic (exact) mass is 329 g/mol. The molecule has 0 bridgehead atoms. The van der Waals surface area contributed by atoms with E-state index >= 15 is 0 Å². The van der Waals surface area contributed by atoms with Gasteiger partial charge in [-0.3, -0.25) is 9.00 Å². The molecule has 1 amide bonds. The minimum absolute atomic E-state index is 0.0965. The molecule has 3 rings (SSSR count). The number of benzene rings is 2. The van der Waals surface area contributed by atoms with Gasteiger partial charge in [-0.15, -0.1) is 11.3 Å². The van der Waals surface area contributed by atoms with Crippen molar-refractivity contribution in [1.29, 1.82) is 0 Å². The molecule has 1 unspecified atom stereocenters. The van der Waals surface area contributed by atoms with Crippen molar-refractivity contribution in [3.8, 4) is 10.4 Å². The summed E-state index contributed by atoms with van der Waals surface area (Å²) in [5, 5.41) is 1.20. The van der Waals surface area contributed by atoms with Crippen molar-refractivity contribution < 1.29 is 9.00 Å². The van der Waals surface area contributed by atoms with Crippen LogP contribution in [0.4, 0.5) is 0 Å². The summed E-state index contributed by atoms with van der Waals surface area (Å²) in [5.41, 5.74) is 7.17. The van der Waals surface area contributed by atoms with Crippen LogP contribution in [0.15, 0.2) is 54.6 Å². The van der Waals surface area contributed by atoms with Gasteiger partial charge in [0.05, 0.1) is 0 Å². The highest BCUT2D eigenvalue weighted by Gasteiger charge is 2.12. The van der Waals surface area contributed by atoms with E-state index in [0.29, 0.717) is 5.75 Å². The second kappa shape index (κ2) is 6.42. The van der Waals surface area contributed by atoms with E-state index in [-0.39, 0.29) is 5.75 Å². The van der Waals surface area contributed by atoms with Crippen molar-refractivity contribution >= 4 is 38.1 Å². The summed E-state index contributed by atoms with van der Waals surface area (Å²) in [6.07, 6.45) is 0. The zero-order chi connectivity index (χ0) is 15.5. The van der Waals surface area contributed by atoms with Crippen LogP contribution in [0.3, 0.4) is 0 Å². The zero-order valence-electron chi connectivity index (χ0n) is 11.8. The summed E-state index contributed by atoms with van der Waals surface area (Å²) in [5.74, 6) is -0.286. The average Bonchev–Trinajstić information content (AvgIpc) is 2.90. The van der Waals surface area contributed by atoms with E-state index in [9.17, 15) is 9.00 Å². The molecule has 0 saturated carbocycles. The molecule has 22 heavy (non-hydrogen) atoms. The van der Waals surface area contributed by atoms with Gasteiger partial charge >= 0.3 is 0 Å². The molecular weight excluding hydrogens is 314 g/mol. The minimum Gasteiger partial charge on any atom is -0.369 e. The van der Waals surface area contributed by atoms with Gasteiger partial charge in [0.15, 0.2) is 0 Å². The lowest BCUT2D eigenvalue weighted by atomic mass is 10.1. The first-order valence-electron chi connectivity index (χ1n) is 6.83. The van der Waals surface area contributed by atoms with Gasteiger partial charge in [-0.25, -0.2) is 0 Å². The van der Waals surface area contributed by atoms with Crippen LogP contribution in [0, 0.1) is 0 Å². The fourth-order valence-electron chi connectivity index (χ4n) is 2.38. The molecule has 1 heterocycles. The Balaban J connectivity index is 1.97. The Hall–Kier alpha value is -1.98. The molecule has 0 aliphatic carbocycles. The van der Waals surface area contributed by atoms with E-state index in [2.05, 4.69) is 18.2 Å². The van der Waals surface area contributed by atoms with Crippen molar-refractivity contribution in [3.63, 3.8) is 0 Å². The highest BCUT2D eigenvalue weighted by Crippen LogP contribution is 2.35. The fourth-order valence-corrected chi connectivity index (χ4v) is 4.53. The lowest BCUT2D eigenvalue weighted by Gasteiger charge is -2.07. The Bertz CT molecular complexity index is 821. The van der Waals surface area contributed by atoms with Crippen LogP contribution in [0.5, 0.6) is 0 Å². The number of fused-ring (bicyclic) bond motifs is 1. The molecule has 3 aromatic rings. The summed E-state index contributed by atoms with van der Waals surface area (Å²) in [4.78, 5) is 12.0. The summed E-state index contributed by atoms with van der Waals surface area (Å²) in [7, 11) is -1.27. The second-order valence-electron chi connectivity index (χ2n) is 5.00. The van der Waals surface area contributed by atoms with Crippen molar-refractivity contribution in [2.24, 2.45) is 5.73 Å². The number of hydrogen-bond donors (Lipinski definition) is 1. The first-order chi connectivity index (χ1) is 10.6. The van der Waals surface area contributed by atoms with E-state index in [1.54, 1.807) is 11.3 Å². The lowest BCUT2D eigenvalue weighted by Crippen LogP contribution is -2.20. The van der Waals surface area contributed by atoms with E-state index in [1.807, 2.05) is 36.4 Å². The Morgan fingerprint density at radius 2 is 1.82 bits per heavy atom. The number of hydrogen-bond acceptors (Lipinski definition) is 3. The normalized spacial score (nSPS) is 12.4. The maximum absolute atomic E-state index is 12.0. The molecule has 0 saturated heterocycles. The Kier molecular flexibility index (Phi) is 4.36. The quantitative estimate of drug-likeness (QED) is 0.781. The number of rotatable bonds is 5. The summed E-state index contributed by atoms with van der Waals surface area (Å²) in [6.45, 7) is 0. The lowest BCUT2D eigenvalue weighted by molar-refractivity contribution is -0.115. The van der Waals surface area contributed by atoms with Gasteiger partial charge in [0.25, 0.3) is 0 Å². The molecule has 0 radical (unpaired) electrons. The molecule has 1 atom stereocenters. The van der Waals surface area contributed by atoms with E-state index in [0.717, 1.165) is 16.0 Å². The first kappa shape index (κ1) is 14.9. The molecule has 2 N–H and O–H groups in total. The second-order valence-corrected chi connectivity index (χ2v) is 7.54. The third kappa shape index (κ3) is 3.26. The largest absolute Gasteiger partial charge is 0.369 e. The van der Waals surface area contributed by atoms with Gasteiger partial charge in [-0.2, -0.15) is 0 Å². The van der Waals surface area contributed by atoms with Crippen LogP contribution in [0.25, 0.3) is 20.5 Å². The Morgan fingerprint density at radius 3 is 2.59 bits per heavy atom. The summed E-state index contributed by atoms with van der Waals surface area (Å²) >= 11 is 1.71. The van der Waals surface area contributed by atoms with Crippen LogP contribution < -0.4 is 5.73 Å². The molecular formula is C17H15NO2S2. The molecule has 0 aliphatic heterocycles. The molecule has 0 fully saturated rings. The van der Waals surface area contributed by atoms with Crippen molar-refractivity contribution in [2.45, 2.75) is 5.75 Å². The van der Waals surface area contributed by atoms with Gasteiger partial charge in [0.2, 0.25) is 5.91 Å². The summed E-state index contributed by atoms with van der Waals surface area (Å²) < 4.78 is 13.2. The van der Waals surface area contributed by atoms with E-state index < -0.39 is 16.7 Å². The van der Waals surface area contributed by atoms with Crippen LogP contribution in [0.1, 0.15) is 5.56 Å². The van der Waals surface area contributed by atoms with Crippen LogP contribution in [0.2, 0.25) is 0 Å². The summed E-state index contributed by atoms with van der Waals surface area (Å²) in [6, 6.07) is 18.3. The first-order valence-corrected chi connectivity index (χ1v) is 9.14. The zero-order valence-corrected chi connectivity index (χ0v) is 13.5. The van der Waals surface area contributed by atoms with Crippen LogP contribution in [-0.4, -0.2) is 15.9 Å². The molecule has 0 aliphatic rings. The predicted molar refractivity (Wildman–Crippen MR) is 93.2 cm³/mol. The molecule has 112 valence electrons. The van der Waals surface area contributed by atoms with E-state index in [1.165, 1.54) is 10.1 Å². The van der Waals surface area contributed by atoms with Crippen LogP contribution >= 0.6 is 11.3 Å². The number of amides is 1. The molecule has 3 nitrogen and oxygen atoms in total. The number of thiophene rings is 1. The smallest absolute Gasteiger partial charge is 0.230 e. The van der Waals surface area contributed by atoms with Gasteiger partial charge < -0.3 is 5.73 Å². The average molecular weight is 329 g/mol. The maximum Gasteiger partial charge on any atom is 0.230 e. The van der Waals surface area contributed by atoms with Gasteiger partial charge in [0.1, 0.15) is 5.75 Å². The third-order valence-corrected chi connectivity index (χ3v) is 5.72. The van der Waals surface area contributed by atoms with Gasteiger partial charge in [-0.05, 0) is 28.6 Å². The molecule has 0 spiro atoms. The van der Waals surface area contributed by atoms with Crippen molar-refractivity contribution in [2.75, 3.05) is 5.75 Å². The van der Waals surface area contributed by atoms with E-state index in [4.69, 9.17) is 5.73 Å². The number of primary amides is 1. The Labute approximate surface area is 135 Å². The van der Waals surface area contributed by atoms with Crippen molar-refractivity contribution in [1.82, 2.24) is 0 Å².